The van der Waals surface area contributed by atoms with E-state index in [2.05, 4.69) is 363 Å². The molecule has 0 fully saturated rings. The molecular weight excluding hydrogens is 1620 g/mol. The van der Waals surface area contributed by atoms with E-state index in [-0.39, 0.29) is 0 Å². The van der Waals surface area contributed by atoms with Gasteiger partial charge in [-0.05, 0) is 186 Å². The van der Waals surface area contributed by atoms with E-state index in [1.807, 2.05) is 114 Å². The Morgan fingerprint density at radius 3 is 1.05 bits per heavy atom. The van der Waals surface area contributed by atoms with Crippen molar-refractivity contribution >= 4 is 183 Å². The lowest BCUT2D eigenvalue weighted by atomic mass is 9.92. The van der Waals surface area contributed by atoms with Gasteiger partial charge in [-0.3, -0.25) is 0 Å². The summed E-state index contributed by atoms with van der Waals surface area (Å²) in [4.78, 5) is 5.13. The van der Waals surface area contributed by atoms with Crippen molar-refractivity contribution in [2.45, 2.75) is 0 Å². The molecule has 28 aromatic rings. The molecule has 0 aliphatic heterocycles. The second-order valence-electron chi connectivity index (χ2n) is 32.7. The summed E-state index contributed by atoms with van der Waals surface area (Å²) >= 11 is 3.76. The molecule has 15 heteroatoms. The summed E-state index contributed by atoms with van der Waals surface area (Å²) in [7, 11) is 0. The average molecular weight is 1690 g/mol. The standard InChI is InChI=1S/C42H26N4S.C36H23N5.C36H22N4S/c1-3-12-27(13-4-1)40-30(28-22-25-35-36(26-28)44-46(43-35)29-14-5-2-6-15-29)18-11-20-38(40)45-37-19-9-7-16-31(37)33-23-24-34-32-17-8-10-21-39(32)47-42(34)41(33)45;1-3-11-24(12-4-1)39-33-17-9-7-15-27(33)29-22-30-28-16-8-10-18-34(28)40(36(30)23-35(29)39)26-19-20-31-32(21-26)38-41(37-31)25-13-5-2-6-14-25;1-2-8-26(9-3-1)40-37-31-21-16-24(22-32(31)38-40)23-14-17-25(18-15-23)39-33-12-6-4-10-27(33)29-19-20-30-28-11-5-7-13-34(28)41-36(30)35(29)39/h1-26H;1-23H;1-22H. The zero-order valence-corrected chi connectivity index (χ0v) is 70.8. The summed E-state index contributed by atoms with van der Waals surface area (Å²) in [6, 6.07) is 152. The first-order valence-corrected chi connectivity index (χ1v) is 44.9. The molecule has 19 aromatic carbocycles. The van der Waals surface area contributed by atoms with Crippen molar-refractivity contribution in [1.82, 2.24) is 63.3 Å². The molecule has 0 unspecified atom stereocenters. The van der Waals surface area contributed by atoms with Gasteiger partial charge < -0.3 is 18.3 Å². The van der Waals surface area contributed by atoms with Crippen molar-refractivity contribution in [1.29, 1.82) is 0 Å². The van der Waals surface area contributed by atoms with Crippen molar-refractivity contribution < 1.29 is 0 Å². The van der Waals surface area contributed by atoms with Crippen LogP contribution in [0.4, 0.5) is 0 Å². The zero-order chi connectivity index (χ0) is 84.7. The van der Waals surface area contributed by atoms with Crippen LogP contribution < -0.4 is 0 Å². The normalized spacial score (nSPS) is 11.9. The molecule has 129 heavy (non-hydrogen) atoms. The molecule has 0 aliphatic carbocycles. The molecule has 0 bridgehead atoms. The zero-order valence-electron chi connectivity index (χ0n) is 69.1. The largest absolute Gasteiger partial charge is 0.309 e. The second kappa shape index (κ2) is 29.9. The molecule has 9 aromatic heterocycles. The summed E-state index contributed by atoms with van der Waals surface area (Å²) < 4.78 is 14.9. The van der Waals surface area contributed by atoms with Gasteiger partial charge >= 0.3 is 0 Å². The highest BCUT2D eigenvalue weighted by atomic mass is 32.1. The Morgan fingerprint density at radius 2 is 0.535 bits per heavy atom. The fraction of sp³-hybridized carbons (Fsp3) is 0. The lowest BCUT2D eigenvalue weighted by molar-refractivity contribution is 0.765. The summed E-state index contributed by atoms with van der Waals surface area (Å²) in [5.41, 5.74) is 29.1. The van der Waals surface area contributed by atoms with Crippen LogP contribution in [0.15, 0.2) is 431 Å². The van der Waals surface area contributed by atoms with Crippen molar-refractivity contribution in [3.8, 4) is 73.2 Å². The van der Waals surface area contributed by atoms with E-state index < -0.39 is 0 Å². The SMILES string of the molecule is c1ccc(-c2c(-c3ccc4nn(-c5ccccc5)nc4c3)cccc2-n2c3ccccc3c3ccc4c5ccccc5sc4c32)cc1.c1ccc(-n2nc3ccc(-c4ccc(-n5c6ccccc6c6ccc7c8ccccc8sc7c65)cc4)cc3n2)cc1.c1ccc(-n2nc3ccc(-n4c5ccccc5c5cc6c7ccccc7n(-c7ccccc7)c6cc54)cc3n2)cc1. The van der Waals surface area contributed by atoms with Gasteiger partial charge in [0.1, 0.15) is 33.1 Å². The van der Waals surface area contributed by atoms with Crippen LogP contribution in [0.3, 0.4) is 0 Å². The fourth-order valence-corrected chi connectivity index (χ4v) is 22.0. The molecule has 0 saturated carbocycles. The number of aromatic nitrogens is 13. The summed E-state index contributed by atoms with van der Waals surface area (Å²) in [6.45, 7) is 0. The number of thiophene rings is 2. The first kappa shape index (κ1) is 73.5. The van der Waals surface area contributed by atoms with Crippen molar-refractivity contribution in [3.05, 3.63) is 431 Å². The first-order chi connectivity index (χ1) is 64.0. The third-order valence-electron chi connectivity index (χ3n) is 25.3. The van der Waals surface area contributed by atoms with Gasteiger partial charge in [0.2, 0.25) is 0 Å². The maximum Gasteiger partial charge on any atom is 0.115 e. The Bertz CT molecular complexity index is 9320. The maximum absolute atomic E-state index is 4.88. The van der Waals surface area contributed by atoms with Crippen LogP contribution >= 0.6 is 22.7 Å². The Labute approximate surface area is 745 Å². The van der Waals surface area contributed by atoms with Crippen LogP contribution in [0.1, 0.15) is 0 Å². The topological polar surface area (TPSA) is 112 Å². The molecule has 0 N–H and O–H groups in total. The van der Waals surface area contributed by atoms with Gasteiger partial charge in [-0.25, -0.2) is 0 Å². The predicted molar refractivity (Wildman–Crippen MR) is 536 cm³/mol. The fourth-order valence-electron chi connectivity index (χ4n) is 19.5. The molecule has 28 rings (SSSR count). The minimum Gasteiger partial charge on any atom is -0.309 e. The number of para-hydroxylation sites is 8. The Hall–Kier alpha value is -17.0. The minimum atomic E-state index is 0.858. The smallest absolute Gasteiger partial charge is 0.115 e. The van der Waals surface area contributed by atoms with Crippen LogP contribution in [-0.2, 0) is 0 Å². The van der Waals surface area contributed by atoms with E-state index in [1.54, 1.807) is 14.4 Å². The number of fused-ring (bicyclic) bond motifs is 23. The summed E-state index contributed by atoms with van der Waals surface area (Å²) in [5.74, 6) is 0. The summed E-state index contributed by atoms with van der Waals surface area (Å²) in [5, 5.41) is 43.9. The second-order valence-corrected chi connectivity index (χ2v) is 34.8. The molecular formula is C114H71N13S2. The molecule has 0 radical (unpaired) electrons. The Kier molecular flexibility index (Phi) is 17.0. The van der Waals surface area contributed by atoms with Crippen LogP contribution in [0.5, 0.6) is 0 Å². The van der Waals surface area contributed by atoms with Crippen molar-refractivity contribution in [2.75, 3.05) is 0 Å². The molecule has 0 saturated heterocycles. The molecule has 9 heterocycles. The lowest BCUT2D eigenvalue weighted by Gasteiger charge is -2.18. The van der Waals surface area contributed by atoms with E-state index in [1.165, 1.54) is 133 Å². The third-order valence-corrected chi connectivity index (χ3v) is 27.7. The highest BCUT2D eigenvalue weighted by Gasteiger charge is 2.26. The molecule has 0 atom stereocenters. The highest BCUT2D eigenvalue weighted by molar-refractivity contribution is 7.27. The molecule has 604 valence electrons. The molecule has 0 spiro atoms. The predicted octanol–water partition coefficient (Wildman–Crippen LogP) is 29.4. The summed E-state index contributed by atoms with van der Waals surface area (Å²) in [6.07, 6.45) is 0. The van der Waals surface area contributed by atoms with Gasteiger partial charge in [-0.15, -0.1) is 53.3 Å². The Balaban J connectivity index is 0.000000102. The van der Waals surface area contributed by atoms with E-state index in [0.717, 1.165) is 101 Å². The number of benzene rings is 19. The van der Waals surface area contributed by atoms with E-state index >= 15 is 0 Å². The average Bonchev–Trinajstić information content (AvgIpc) is 1.57. The van der Waals surface area contributed by atoms with Crippen LogP contribution in [0, 0.1) is 0 Å². The number of hydrogen-bond donors (Lipinski definition) is 0. The Morgan fingerprint density at radius 1 is 0.178 bits per heavy atom. The van der Waals surface area contributed by atoms with E-state index in [4.69, 9.17) is 25.5 Å². The van der Waals surface area contributed by atoms with Crippen LogP contribution in [0.2, 0.25) is 0 Å². The molecule has 0 amide bonds. The quantitative estimate of drug-likeness (QED) is 0.135. The van der Waals surface area contributed by atoms with Crippen LogP contribution in [-0.4, -0.2) is 63.3 Å². The molecule has 13 nitrogen and oxygen atoms in total. The monoisotopic (exact) mass is 1690 g/mol. The lowest BCUT2D eigenvalue weighted by Crippen LogP contribution is -1.99. The number of nitrogens with zero attached hydrogens (tertiary/aromatic N) is 13. The van der Waals surface area contributed by atoms with Gasteiger partial charge in [0.15, 0.2) is 0 Å². The van der Waals surface area contributed by atoms with Crippen molar-refractivity contribution in [3.63, 3.8) is 0 Å². The van der Waals surface area contributed by atoms with Crippen molar-refractivity contribution in [2.24, 2.45) is 0 Å². The van der Waals surface area contributed by atoms with Gasteiger partial charge in [-0.2, -0.15) is 14.4 Å². The van der Waals surface area contributed by atoms with Gasteiger partial charge in [0, 0.05) is 96.7 Å². The maximum atomic E-state index is 4.88. The van der Waals surface area contributed by atoms with E-state index in [0.29, 0.717) is 0 Å². The van der Waals surface area contributed by atoms with Gasteiger partial charge in [-0.1, -0.05) is 273 Å². The number of rotatable bonds is 10. The minimum absolute atomic E-state index is 0.858. The van der Waals surface area contributed by atoms with E-state index in [9.17, 15) is 0 Å². The highest BCUT2D eigenvalue weighted by Crippen LogP contribution is 2.49. The third kappa shape index (κ3) is 12.1. The first-order valence-electron chi connectivity index (χ1n) is 43.2. The molecule has 0 aliphatic rings. The van der Waals surface area contributed by atoms with Gasteiger partial charge in [0.05, 0.1) is 76.3 Å². The number of hydrogen-bond acceptors (Lipinski definition) is 8. The van der Waals surface area contributed by atoms with Gasteiger partial charge in [0.25, 0.3) is 0 Å². The van der Waals surface area contributed by atoms with Crippen LogP contribution in [0.25, 0.3) is 234 Å².